The number of carbonyl (C=O) groups is 1. The standard InChI is InChI=1S/C13H18N2O5S/c1-19-13(16)10-2-4-12(5-3-10)21(17,18)15-6-7-20-11(8-14)9-15/h2-5,11H,6-9,14H2,1H3. The van der Waals surface area contributed by atoms with Crippen LogP contribution in [0.1, 0.15) is 10.4 Å². The Hall–Kier alpha value is -1.48. The fourth-order valence-electron chi connectivity index (χ4n) is 2.08. The van der Waals surface area contributed by atoms with Crippen molar-refractivity contribution < 1.29 is 22.7 Å². The van der Waals surface area contributed by atoms with Crippen molar-refractivity contribution in [3.8, 4) is 0 Å². The van der Waals surface area contributed by atoms with E-state index in [0.717, 1.165) is 0 Å². The van der Waals surface area contributed by atoms with Gasteiger partial charge in [-0.3, -0.25) is 0 Å². The second kappa shape index (κ2) is 6.52. The number of hydrogen-bond donors (Lipinski definition) is 1. The summed E-state index contributed by atoms with van der Waals surface area (Å²) in [4.78, 5) is 11.5. The molecule has 1 unspecified atom stereocenters. The Kier molecular flexibility index (Phi) is 4.94. The molecule has 1 saturated heterocycles. The van der Waals surface area contributed by atoms with E-state index in [1.807, 2.05) is 0 Å². The van der Waals surface area contributed by atoms with Crippen molar-refractivity contribution in [1.29, 1.82) is 0 Å². The van der Waals surface area contributed by atoms with E-state index in [9.17, 15) is 13.2 Å². The smallest absolute Gasteiger partial charge is 0.337 e. The summed E-state index contributed by atoms with van der Waals surface area (Å²) in [6.07, 6.45) is -0.289. The van der Waals surface area contributed by atoms with Crippen LogP contribution in [0.2, 0.25) is 0 Å². The maximum Gasteiger partial charge on any atom is 0.337 e. The van der Waals surface area contributed by atoms with Gasteiger partial charge in [0.15, 0.2) is 0 Å². The van der Waals surface area contributed by atoms with E-state index >= 15 is 0 Å². The molecule has 2 rings (SSSR count). The topological polar surface area (TPSA) is 98.9 Å². The molecule has 21 heavy (non-hydrogen) atoms. The summed E-state index contributed by atoms with van der Waals surface area (Å²) >= 11 is 0. The number of hydrogen-bond acceptors (Lipinski definition) is 6. The van der Waals surface area contributed by atoms with Crippen molar-refractivity contribution >= 4 is 16.0 Å². The van der Waals surface area contributed by atoms with Crippen molar-refractivity contribution in [3.63, 3.8) is 0 Å². The molecule has 1 aliphatic heterocycles. The summed E-state index contributed by atoms with van der Waals surface area (Å²) in [6, 6.07) is 5.65. The zero-order valence-corrected chi connectivity index (χ0v) is 12.5. The van der Waals surface area contributed by atoms with Crippen LogP contribution in [-0.4, -0.2) is 58.1 Å². The van der Waals surface area contributed by atoms with Gasteiger partial charge in [-0.1, -0.05) is 0 Å². The second-order valence-electron chi connectivity index (χ2n) is 4.61. The number of ether oxygens (including phenoxy) is 2. The lowest BCUT2D eigenvalue weighted by atomic mass is 10.2. The highest BCUT2D eigenvalue weighted by Gasteiger charge is 2.30. The van der Waals surface area contributed by atoms with Crippen LogP contribution in [0.15, 0.2) is 29.2 Å². The third kappa shape index (κ3) is 3.41. The Morgan fingerprint density at radius 1 is 1.43 bits per heavy atom. The number of esters is 1. The van der Waals surface area contributed by atoms with Crippen molar-refractivity contribution in [2.45, 2.75) is 11.0 Å². The first kappa shape index (κ1) is 15.9. The molecule has 7 nitrogen and oxygen atoms in total. The van der Waals surface area contributed by atoms with E-state index in [2.05, 4.69) is 4.74 Å². The Morgan fingerprint density at radius 3 is 2.67 bits per heavy atom. The van der Waals surface area contributed by atoms with Gasteiger partial charge in [-0.2, -0.15) is 4.31 Å². The van der Waals surface area contributed by atoms with E-state index in [1.165, 1.54) is 35.7 Å². The van der Waals surface area contributed by atoms with Crippen LogP contribution in [0.4, 0.5) is 0 Å². The molecule has 1 aromatic rings. The van der Waals surface area contributed by atoms with E-state index in [1.54, 1.807) is 0 Å². The normalized spacial score (nSPS) is 20.2. The molecule has 1 aromatic carbocycles. The zero-order chi connectivity index (χ0) is 15.5. The van der Waals surface area contributed by atoms with E-state index in [-0.39, 0.29) is 30.6 Å². The first-order valence-electron chi connectivity index (χ1n) is 6.49. The van der Waals surface area contributed by atoms with Crippen LogP contribution in [-0.2, 0) is 19.5 Å². The van der Waals surface area contributed by atoms with Gasteiger partial charge in [0.25, 0.3) is 0 Å². The third-order valence-corrected chi connectivity index (χ3v) is 5.16. The average molecular weight is 314 g/mol. The summed E-state index contributed by atoms with van der Waals surface area (Å²) < 4.78 is 36.3. The lowest BCUT2D eigenvalue weighted by Gasteiger charge is -2.31. The minimum atomic E-state index is -3.61. The minimum Gasteiger partial charge on any atom is -0.465 e. The van der Waals surface area contributed by atoms with Gasteiger partial charge in [0, 0.05) is 19.6 Å². The molecule has 0 aliphatic carbocycles. The van der Waals surface area contributed by atoms with Crippen molar-refractivity contribution in [1.82, 2.24) is 4.31 Å². The molecule has 1 heterocycles. The Balaban J connectivity index is 2.21. The lowest BCUT2D eigenvalue weighted by molar-refractivity contribution is 0.00450. The molecule has 0 radical (unpaired) electrons. The van der Waals surface area contributed by atoms with Gasteiger partial charge < -0.3 is 15.2 Å². The Bertz CT molecular complexity index is 599. The molecule has 2 N–H and O–H groups in total. The lowest BCUT2D eigenvalue weighted by Crippen LogP contribution is -2.48. The van der Waals surface area contributed by atoms with E-state index in [4.69, 9.17) is 10.5 Å². The van der Waals surface area contributed by atoms with Gasteiger partial charge >= 0.3 is 5.97 Å². The second-order valence-corrected chi connectivity index (χ2v) is 6.55. The number of carbonyl (C=O) groups excluding carboxylic acids is 1. The SMILES string of the molecule is COC(=O)c1ccc(S(=O)(=O)N2CCOC(CN)C2)cc1. The van der Waals surface area contributed by atoms with E-state index < -0.39 is 16.0 Å². The molecule has 0 spiro atoms. The number of nitrogens with zero attached hydrogens (tertiary/aromatic N) is 1. The molecule has 1 atom stereocenters. The molecule has 1 fully saturated rings. The zero-order valence-electron chi connectivity index (χ0n) is 11.7. The largest absolute Gasteiger partial charge is 0.465 e. The molecule has 116 valence electrons. The highest BCUT2D eigenvalue weighted by Crippen LogP contribution is 2.19. The quantitative estimate of drug-likeness (QED) is 0.774. The summed E-state index contributed by atoms with van der Waals surface area (Å²) in [6.45, 7) is 1.11. The van der Waals surface area contributed by atoms with Crippen molar-refractivity contribution in [2.24, 2.45) is 5.73 Å². The Morgan fingerprint density at radius 2 is 2.10 bits per heavy atom. The number of morpholine rings is 1. The highest BCUT2D eigenvalue weighted by molar-refractivity contribution is 7.89. The maximum absolute atomic E-state index is 12.5. The van der Waals surface area contributed by atoms with Crippen LogP contribution >= 0.6 is 0 Å². The number of rotatable bonds is 4. The fourth-order valence-corrected chi connectivity index (χ4v) is 3.54. The molecule has 8 heteroatoms. The molecular formula is C13H18N2O5S. The van der Waals surface area contributed by atoms with Crippen molar-refractivity contribution in [2.75, 3.05) is 33.4 Å². The summed E-state index contributed by atoms with van der Waals surface area (Å²) in [5.41, 5.74) is 5.82. The maximum atomic E-state index is 12.5. The van der Waals surface area contributed by atoms with Gasteiger partial charge in [0.1, 0.15) is 0 Å². The molecule has 0 aromatic heterocycles. The summed E-state index contributed by atoms with van der Waals surface area (Å²) in [7, 11) is -2.34. The first-order chi connectivity index (χ1) is 9.98. The highest BCUT2D eigenvalue weighted by atomic mass is 32.2. The number of nitrogens with two attached hydrogens (primary N) is 1. The van der Waals surface area contributed by atoms with Gasteiger partial charge in [0.2, 0.25) is 10.0 Å². The average Bonchev–Trinajstić information content (AvgIpc) is 2.54. The predicted molar refractivity (Wildman–Crippen MR) is 75.3 cm³/mol. The van der Waals surface area contributed by atoms with Crippen LogP contribution < -0.4 is 5.73 Å². The minimum absolute atomic E-state index is 0.132. The Labute approximate surface area is 123 Å². The predicted octanol–water partition coefficient (Wildman–Crippen LogP) is -0.179. The van der Waals surface area contributed by atoms with Crippen LogP contribution in [0.25, 0.3) is 0 Å². The third-order valence-electron chi connectivity index (χ3n) is 3.28. The molecule has 0 amide bonds. The van der Waals surface area contributed by atoms with Gasteiger partial charge in [-0.15, -0.1) is 0 Å². The molecule has 1 aliphatic rings. The molecule has 0 bridgehead atoms. The van der Waals surface area contributed by atoms with Gasteiger partial charge in [-0.25, -0.2) is 13.2 Å². The molecular weight excluding hydrogens is 296 g/mol. The number of methoxy groups -OCH3 is 1. The summed E-state index contributed by atoms with van der Waals surface area (Å²) in [5.74, 6) is -0.506. The fraction of sp³-hybridized carbons (Fsp3) is 0.462. The number of benzene rings is 1. The number of sulfonamides is 1. The molecule has 0 saturated carbocycles. The van der Waals surface area contributed by atoms with Crippen molar-refractivity contribution in [3.05, 3.63) is 29.8 Å². The monoisotopic (exact) mass is 314 g/mol. The van der Waals surface area contributed by atoms with Gasteiger partial charge in [-0.05, 0) is 24.3 Å². The van der Waals surface area contributed by atoms with Gasteiger partial charge in [0.05, 0.1) is 30.3 Å². The summed E-state index contributed by atoms with van der Waals surface area (Å²) in [5, 5.41) is 0. The van der Waals surface area contributed by atoms with Crippen LogP contribution in [0.3, 0.4) is 0 Å². The van der Waals surface area contributed by atoms with Crippen LogP contribution in [0, 0.1) is 0 Å². The first-order valence-corrected chi connectivity index (χ1v) is 7.93. The van der Waals surface area contributed by atoms with E-state index in [0.29, 0.717) is 12.2 Å². The van der Waals surface area contributed by atoms with Crippen LogP contribution in [0.5, 0.6) is 0 Å².